The molecule has 7 heteroatoms. The fraction of sp³-hybridized carbons (Fsp3) is 0.440. The number of nitrogens with zero attached hydrogens (tertiary/aromatic N) is 1. The van der Waals surface area contributed by atoms with Gasteiger partial charge in [0.2, 0.25) is 5.91 Å². The van der Waals surface area contributed by atoms with Gasteiger partial charge in [0.25, 0.3) is 5.91 Å². The van der Waals surface area contributed by atoms with Crippen molar-refractivity contribution in [2.75, 3.05) is 33.4 Å². The summed E-state index contributed by atoms with van der Waals surface area (Å²) in [6.07, 6.45) is 2.15. The first kappa shape index (κ1) is 23.8. The molecule has 0 unspecified atom stereocenters. The van der Waals surface area contributed by atoms with Crippen LogP contribution in [-0.4, -0.2) is 56.2 Å². The number of carbonyl (C=O) groups is 2. The number of amides is 2. The first-order valence-corrected chi connectivity index (χ1v) is 11.1. The Morgan fingerprint density at radius 3 is 2.47 bits per heavy atom. The summed E-state index contributed by atoms with van der Waals surface area (Å²) < 4.78 is 11.4. The van der Waals surface area contributed by atoms with Gasteiger partial charge in [0.1, 0.15) is 12.4 Å². The lowest BCUT2D eigenvalue weighted by Gasteiger charge is -2.31. The van der Waals surface area contributed by atoms with Gasteiger partial charge < -0.3 is 20.1 Å². The number of benzene rings is 2. The quantitative estimate of drug-likeness (QED) is 0.595. The molecule has 2 amide bonds. The maximum absolute atomic E-state index is 12.5. The fourth-order valence-electron chi connectivity index (χ4n) is 3.65. The Labute approximate surface area is 190 Å². The van der Waals surface area contributed by atoms with E-state index in [9.17, 15) is 9.59 Å². The first-order valence-electron chi connectivity index (χ1n) is 11.1. The third kappa shape index (κ3) is 7.66. The molecule has 0 aliphatic carbocycles. The molecule has 1 aliphatic rings. The summed E-state index contributed by atoms with van der Waals surface area (Å²) in [6.45, 7) is 5.52. The molecule has 0 aromatic heterocycles. The van der Waals surface area contributed by atoms with Crippen LogP contribution in [-0.2, 0) is 22.6 Å². The Hall–Kier alpha value is -2.90. The fourth-order valence-corrected chi connectivity index (χ4v) is 3.65. The molecule has 0 atom stereocenters. The molecule has 7 nitrogen and oxygen atoms in total. The Kier molecular flexibility index (Phi) is 9.07. The first-order chi connectivity index (χ1) is 15.5. The van der Waals surface area contributed by atoms with Gasteiger partial charge in [0.05, 0.1) is 0 Å². The van der Waals surface area contributed by atoms with Crippen LogP contribution in [0.25, 0.3) is 0 Å². The van der Waals surface area contributed by atoms with E-state index in [2.05, 4.69) is 22.6 Å². The van der Waals surface area contributed by atoms with Gasteiger partial charge in [-0.15, -0.1) is 0 Å². The summed E-state index contributed by atoms with van der Waals surface area (Å²) in [5.74, 6) is 0.587. The molecule has 2 aromatic rings. The molecule has 172 valence electrons. The molecule has 2 aromatic carbocycles. The van der Waals surface area contributed by atoms with Gasteiger partial charge in [-0.1, -0.05) is 24.3 Å². The van der Waals surface area contributed by atoms with Crippen molar-refractivity contribution in [3.63, 3.8) is 0 Å². The van der Waals surface area contributed by atoms with Gasteiger partial charge in [-0.2, -0.15) is 0 Å². The van der Waals surface area contributed by atoms with Crippen molar-refractivity contribution >= 4 is 11.8 Å². The zero-order valence-corrected chi connectivity index (χ0v) is 18.9. The van der Waals surface area contributed by atoms with Crippen molar-refractivity contribution in [2.45, 2.75) is 38.9 Å². The van der Waals surface area contributed by atoms with E-state index in [0.29, 0.717) is 31.3 Å². The molecule has 1 aliphatic heterocycles. The highest BCUT2D eigenvalue weighted by molar-refractivity contribution is 5.94. The van der Waals surface area contributed by atoms with Crippen molar-refractivity contribution in [1.82, 2.24) is 15.5 Å². The average Bonchev–Trinajstić information content (AvgIpc) is 2.82. The van der Waals surface area contributed by atoms with E-state index in [1.807, 2.05) is 36.4 Å². The average molecular weight is 440 g/mol. The van der Waals surface area contributed by atoms with Crippen LogP contribution in [0.15, 0.2) is 48.5 Å². The molecule has 3 rings (SSSR count). The van der Waals surface area contributed by atoms with Crippen LogP contribution in [0.1, 0.15) is 41.3 Å². The molecule has 2 N–H and O–H groups in total. The highest BCUT2D eigenvalue weighted by atomic mass is 16.5. The summed E-state index contributed by atoms with van der Waals surface area (Å²) in [4.78, 5) is 25.8. The number of ether oxygens (including phenoxy) is 2. The predicted octanol–water partition coefficient (Wildman–Crippen LogP) is 2.74. The smallest absolute Gasteiger partial charge is 0.251 e. The molecule has 0 saturated carbocycles. The van der Waals surface area contributed by atoms with Crippen molar-refractivity contribution in [1.29, 1.82) is 0 Å². The second-order valence-corrected chi connectivity index (χ2v) is 8.11. The molecular formula is C25H33N3O4. The Morgan fingerprint density at radius 1 is 1.03 bits per heavy atom. The second-order valence-electron chi connectivity index (χ2n) is 8.11. The lowest BCUT2D eigenvalue weighted by Crippen LogP contribution is -2.38. The number of nitrogens with one attached hydrogen (secondary N) is 2. The lowest BCUT2D eigenvalue weighted by molar-refractivity contribution is -0.119. The molecule has 0 bridgehead atoms. The van der Waals surface area contributed by atoms with Crippen molar-refractivity contribution in [3.05, 3.63) is 65.2 Å². The highest BCUT2D eigenvalue weighted by Crippen LogP contribution is 2.15. The van der Waals surface area contributed by atoms with Gasteiger partial charge in [0.15, 0.2) is 0 Å². The number of hydrogen-bond donors (Lipinski definition) is 2. The number of rotatable bonds is 10. The van der Waals surface area contributed by atoms with E-state index in [4.69, 9.17) is 9.47 Å². The molecule has 1 saturated heterocycles. The van der Waals surface area contributed by atoms with E-state index in [1.54, 1.807) is 12.1 Å². The maximum Gasteiger partial charge on any atom is 0.251 e. The minimum absolute atomic E-state index is 0.0793. The summed E-state index contributed by atoms with van der Waals surface area (Å²) in [5.41, 5.74) is 2.51. The second kappa shape index (κ2) is 12.2. The normalized spacial score (nSPS) is 14.2. The minimum Gasteiger partial charge on any atom is -0.492 e. The topological polar surface area (TPSA) is 79.9 Å². The van der Waals surface area contributed by atoms with Crippen molar-refractivity contribution in [2.24, 2.45) is 0 Å². The third-order valence-electron chi connectivity index (χ3n) is 5.64. The molecule has 32 heavy (non-hydrogen) atoms. The van der Waals surface area contributed by atoms with Gasteiger partial charge in [-0.3, -0.25) is 14.5 Å². The van der Waals surface area contributed by atoms with E-state index in [-0.39, 0.29) is 11.8 Å². The molecule has 1 heterocycles. The number of carbonyl (C=O) groups excluding carboxylic acids is 2. The largest absolute Gasteiger partial charge is 0.492 e. The van der Waals surface area contributed by atoms with E-state index in [0.717, 1.165) is 49.5 Å². The van der Waals surface area contributed by atoms with Crippen LogP contribution in [0.2, 0.25) is 0 Å². The van der Waals surface area contributed by atoms with Gasteiger partial charge in [0, 0.05) is 51.4 Å². The zero-order chi connectivity index (χ0) is 22.8. The Bertz CT molecular complexity index is 879. The highest BCUT2D eigenvalue weighted by Gasteiger charge is 2.18. The number of hydrogen-bond acceptors (Lipinski definition) is 5. The van der Waals surface area contributed by atoms with Crippen molar-refractivity contribution < 1.29 is 19.1 Å². The summed E-state index contributed by atoms with van der Waals surface area (Å²) in [7, 11) is 2.14. The lowest BCUT2D eigenvalue weighted by atomic mass is 10.1. The monoisotopic (exact) mass is 439 g/mol. The van der Waals surface area contributed by atoms with Crippen LogP contribution in [0.3, 0.4) is 0 Å². The van der Waals surface area contributed by atoms with Crippen LogP contribution < -0.4 is 15.4 Å². The zero-order valence-electron chi connectivity index (χ0n) is 18.9. The third-order valence-corrected chi connectivity index (χ3v) is 5.64. The molecule has 1 fully saturated rings. The maximum atomic E-state index is 12.5. The Balaban J connectivity index is 1.43. The SMILES string of the molecule is CC(=O)NCc1ccc(C(=O)NCc2cccc(OCCN(C)C3CCOCC3)c2)cc1. The summed E-state index contributed by atoms with van der Waals surface area (Å²) in [6, 6.07) is 15.6. The summed E-state index contributed by atoms with van der Waals surface area (Å²) in [5, 5.41) is 5.69. The van der Waals surface area contributed by atoms with Gasteiger partial charge >= 0.3 is 0 Å². The Morgan fingerprint density at radius 2 is 1.75 bits per heavy atom. The van der Waals surface area contributed by atoms with Gasteiger partial charge in [-0.25, -0.2) is 0 Å². The van der Waals surface area contributed by atoms with E-state index in [1.165, 1.54) is 6.92 Å². The van der Waals surface area contributed by atoms with E-state index >= 15 is 0 Å². The van der Waals surface area contributed by atoms with Crippen LogP contribution in [0, 0.1) is 0 Å². The molecule has 0 radical (unpaired) electrons. The molecule has 0 spiro atoms. The van der Waals surface area contributed by atoms with Crippen LogP contribution in [0.4, 0.5) is 0 Å². The minimum atomic E-state index is -0.138. The van der Waals surface area contributed by atoms with Gasteiger partial charge in [-0.05, 0) is 55.3 Å². The standard InChI is InChI=1S/C25H33N3O4/c1-19(29)26-17-20-6-8-22(9-7-20)25(30)27-18-21-4-3-5-24(16-21)32-15-12-28(2)23-10-13-31-14-11-23/h3-9,16,23H,10-15,17-18H2,1-2H3,(H,26,29)(H,27,30). The number of likely N-dealkylation sites (N-methyl/N-ethyl adjacent to an activating group) is 1. The predicted molar refractivity (Wildman–Crippen MR) is 124 cm³/mol. The van der Waals surface area contributed by atoms with Crippen molar-refractivity contribution in [3.8, 4) is 5.75 Å². The molecular weight excluding hydrogens is 406 g/mol. The van der Waals surface area contributed by atoms with Crippen LogP contribution in [0.5, 0.6) is 5.75 Å². The van der Waals surface area contributed by atoms with Crippen LogP contribution >= 0.6 is 0 Å². The summed E-state index contributed by atoms with van der Waals surface area (Å²) >= 11 is 0. The van der Waals surface area contributed by atoms with E-state index < -0.39 is 0 Å².